The van der Waals surface area contributed by atoms with Crippen molar-refractivity contribution < 1.29 is 0 Å². The molecule has 1 aromatic rings. The molecule has 1 atom stereocenters. The van der Waals surface area contributed by atoms with E-state index >= 15 is 0 Å². The molecule has 46 valence electrons. The van der Waals surface area contributed by atoms with Crippen LogP contribution in [0.5, 0.6) is 0 Å². The number of hydrogen-bond donors (Lipinski definition) is 0. The van der Waals surface area contributed by atoms with Gasteiger partial charge in [0.25, 0.3) is 0 Å². The largest absolute Gasteiger partial charge is 0.209 e. The van der Waals surface area contributed by atoms with E-state index in [2.05, 4.69) is 18.8 Å². The van der Waals surface area contributed by atoms with Crippen molar-refractivity contribution in [1.29, 1.82) is 0 Å². The molecule has 0 aliphatic rings. The summed E-state index contributed by atoms with van der Waals surface area (Å²) in [5, 5.41) is 1.29. The van der Waals surface area contributed by atoms with Gasteiger partial charge in [0.1, 0.15) is 6.66 Å². The molecule has 0 amide bonds. The van der Waals surface area contributed by atoms with Gasteiger partial charge >= 0.3 is 0 Å². The van der Waals surface area contributed by atoms with Gasteiger partial charge in [-0.05, 0) is 12.1 Å². The lowest BCUT2D eigenvalue weighted by Gasteiger charge is -1.81. The predicted octanol–water partition coefficient (Wildman–Crippen LogP) is 1.89. The molecule has 0 N–H and O–H groups in total. The van der Waals surface area contributed by atoms with Gasteiger partial charge in [0.2, 0.25) is 6.70 Å². The molecular formula is C7H8PS+. The van der Waals surface area contributed by atoms with Gasteiger partial charge in [-0.15, -0.1) is 0 Å². The van der Waals surface area contributed by atoms with Gasteiger partial charge in [-0.25, -0.2) is 0 Å². The molecule has 0 saturated carbocycles. The molecule has 9 heavy (non-hydrogen) atoms. The van der Waals surface area contributed by atoms with E-state index in [9.17, 15) is 0 Å². The highest BCUT2D eigenvalue weighted by Gasteiger charge is 2.02. The van der Waals surface area contributed by atoms with Gasteiger partial charge < -0.3 is 0 Å². The minimum atomic E-state index is -0.312. The molecule has 0 spiro atoms. The molecule has 1 rings (SSSR count). The molecule has 0 heterocycles. The summed E-state index contributed by atoms with van der Waals surface area (Å²) in [6.45, 7) is 1.77. The minimum Gasteiger partial charge on any atom is -0.0619 e. The van der Waals surface area contributed by atoms with Crippen molar-refractivity contribution in [3.05, 3.63) is 30.3 Å². The van der Waals surface area contributed by atoms with Crippen molar-refractivity contribution in [3.63, 3.8) is 0 Å². The number of rotatable bonds is 1. The Labute approximate surface area is 61.3 Å². The average molecular weight is 155 g/mol. The van der Waals surface area contributed by atoms with Crippen LogP contribution in [-0.2, 0) is 11.8 Å². The van der Waals surface area contributed by atoms with Crippen molar-refractivity contribution in [2.45, 2.75) is 0 Å². The van der Waals surface area contributed by atoms with Gasteiger partial charge in [0.15, 0.2) is 17.1 Å². The third-order valence-corrected chi connectivity index (χ3v) is 2.78. The Balaban J connectivity index is 2.98. The summed E-state index contributed by atoms with van der Waals surface area (Å²) in [5.74, 6) is 0. The summed E-state index contributed by atoms with van der Waals surface area (Å²) in [6, 6.07) is 10.2. The fraction of sp³-hybridized carbons (Fsp3) is 0.143. The van der Waals surface area contributed by atoms with E-state index in [0.29, 0.717) is 0 Å². The zero-order chi connectivity index (χ0) is 6.69. The van der Waals surface area contributed by atoms with Gasteiger partial charge in [0.05, 0.1) is 0 Å². The van der Waals surface area contributed by atoms with Crippen LogP contribution in [0, 0.1) is 0 Å². The topological polar surface area (TPSA) is 0 Å². The molecule has 0 aliphatic carbocycles. The Hall–Kier alpha value is -0.260. The first-order valence-electron chi connectivity index (χ1n) is 2.76. The van der Waals surface area contributed by atoms with Gasteiger partial charge in [0, 0.05) is 0 Å². The zero-order valence-corrected chi connectivity index (χ0v) is 6.95. The zero-order valence-electron chi connectivity index (χ0n) is 5.24. The molecule has 0 radical (unpaired) electrons. The Kier molecular flexibility index (Phi) is 2.32. The summed E-state index contributed by atoms with van der Waals surface area (Å²) in [4.78, 5) is 0. The molecule has 0 bridgehead atoms. The van der Waals surface area contributed by atoms with Crippen LogP contribution in [0.2, 0.25) is 0 Å². The molecule has 2 heteroatoms. The second kappa shape index (κ2) is 3.05. The summed E-state index contributed by atoms with van der Waals surface area (Å²) in [5.41, 5.74) is 0. The summed E-state index contributed by atoms with van der Waals surface area (Å²) in [6.07, 6.45) is 0. The van der Waals surface area contributed by atoms with Gasteiger partial charge in [-0.3, -0.25) is 0 Å². The Morgan fingerprint density at radius 3 is 2.11 bits per heavy atom. The third kappa shape index (κ3) is 1.85. The van der Waals surface area contributed by atoms with Crippen molar-refractivity contribution in [3.8, 4) is 0 Å². The lowest BCUT2D eigenvalue weighted by molar-refractivity contribution is 1.78. The van der Waals surface area contributed by atoms with Crippen LogP contribution in [0.3, 0.4) is 0 Å². The average Bonchev–Trinajstić information content (AvgIpc) is 1.90. The van der Waals surface area contributed by atoms with Crippen molar-refractivity contribution in [2.75, 3.05) is 6.66 Å². The molecule has 0 fully saturated rings. The molecule has 0 aromatic heterocycles. The molecule has 1 aromatic carbocycles. The Bertz CT molecular complexity index is 205. The first kappa shape index (κ1) is 6.85. The summed E-state index contributed by atoms with van der Waals surface area (Å²) >= 11 is 5.11. The fourth-order valence-electron chi connectivity index (χ4n) is 0.638. The normalized spacial score (nSPS) is 11.0. The monoisotopic (exact) mass is 155 g/mol. The van der Waals surface area contributed by atoms with Crippen LogP contribution >= 0.6 is 6.70 Å². The van der Waals surface area contributed by atoms with E-state index in [0.717, 1.165) is 0 Å². The van der Waals surface area contributed by atoms with Crippen LogP contribution < -0.4 is 5.30 Å². The lowest BCUT2D eigenvalue weighted by atomic mass is 10.4. The minimum absolute atomic E-state index is 0.312. The number of benzene rings is 1. The van der Waals surface area contributed by atoms with E-state index in [4.69, 9.17) is 11.8 Å². The first-order chi connectivity index (χ1) is 4.30. The van der Waals surface area contributed by atoms with Gasteiger partial charge in [-0.1, -0.05) is 18.2 Å². The van der Waals surface area contributed by atoms with E-state index in [1.54, 1.807) is 0 Å². The van der Waals surface area contributed by atoms with E-state index in [1.807, 2.05) is 18.2 Å². The van der Waals surface area contributed by atoms with E-state index in [1.165, 1.54) is 5.30 Å². The molecule has 0 nitrogen and oxygen atoms in total. The molecular weight excluding hydrogens is 147 g/mol. The first-order valence-corrected chi connectivity index (χ1v) is 5.57. The Morgan fingerprint density at radius 2 is 1.78 bits per heavy atom. The fourth-order valence-corrected chi connectivity index (χ4v) is 1.60. The highest BCUT2D eigenvalue weighted by atomic mass is 32.4. The smallest absolute Gasteiger partial charge is 0.0619 e. The highest BCUT2D eigenvalue weighted by Crippen LogP contribution is 2.11. The summed E-state index contributed by atoms with van der Waals surface area (Å²) < 4.78 is 0. The highest BCUT2D eigenvalue weighted by molar-refractivity contribution is 8.08. The molecule has 0 aliphatic heterocycles. The lowest BCUT2D eigenvalue weighted by Crippen LogP contribution is -1.90. The van der Waals surface area contributed by atoms with Crippen molar-refractivity contribution in [1.82, 2.24) is 0 Å². The van der Waals surface area contributed by atoms with E-state index in [-0.39, 0.29) is 6.70 Å². The second-order valence-corrected chi connectivity index (χ2v) is 4.99. The summed E-state index contributed by atoms with van der Waals surface area (Å²) in [7, 11) is 0. The van der Waals surface area contributed by atoms with E-state index < -0.39 is 0 Å². The van der Waals surface area contributed by atoms with Gasteiger partial charge in [-0.2, -0.15) is 0 Å². The van der Waals surface area contributed by atoms with Crippen LogP contribution in [0.15, 0.2) is 30.3 Å². The molecule has 0 saturated heterocycles. The van der Waals surface area contributed by atoms with Crippen LogP contribution in [0.25, 0.3) is 0 Å². The van der Waals surface area contributed by atoms with Crippen LogP contribution in [-0.4, -0.2) is 6.66 Å². The van der Waals surface area contributed by atoms with Crippen molar-refractivity contribution in [2.24, 2.45) is 0 Å². The number of hydrogen-bond acceptors (Lipinski definition) is 1. The Morgan fingerprint density at radius 1 is 1.22 bits per heavy atom. The van der Waals surface area contributed by atoms with Crippen LogP contribution in [0.1, 0.15) is 0 Å². The predicted molar refractivity (Wildman–Crippen MR) is 46.3 cm³/mol. The SMILES string of the molecule is C[P+](=S)c1ccccc1. The van der Waals surface area contributed by atoms with Crippen molar-refractivity contribution >= 4 is 23.8 Å². The standard InChI is InChI=1S/C7H8PS/c1-8(9)7-5-3-2-4-6-7/h2-6H,1H3/q+1. The quantitative estimate of drug-likeness (QED) is 0.558. The molecule has 1 unspecified atom stereocenters. The maximum absolute atomic E-state index is 5.11. The van der Waals surface area contributed by atoms with Crippen LogP contribution in [0.4, 0.5) is 0 Å². The third-order valence-electron chi connectivity index (χ3n) is 1.12. The second-order valence-electron chi connectivity index (χ2n) is 1.83. The maximum Gasteiger partial charge on any atom is 0.209 e. The maximum atomic E-state index is 5.11.